The first-order chi connectivity index (χ1) is 10.0. The third-order valence-electron chi connectivity index (χ3n) is 3.54. The molecule has 7 heteroatoms. The molecule has 0 heterocycles. The van der Waals surface area contributed by atoms with Crippen LogP contribution < -0.4 is 10.5 Å². The van der Waals surface area contributed by atoms with Crippen LogP contribution in [0.2, 0.25) is 0 Å². The van der Waals surface area contributed by atoms with Gasteiger partial charge in [-0.15, -0.1) is 0 Å². The molecule has 3 atom stereocenters. The highest BCUT2D eigenvalue weighted by Gasteiger charge is 2.41. The Labute approximate surface area is 123 Å². The highest BCUT2D eigenvalue weighted by atomic mass is 16.6. The molecule has 3 unspecified atom stereocenters. The van der Waals surface area contributed by atoms with Gasteiger partial charge in [-0.3, -0.25) is 10.1 Å². The Kier molecular flexibility index (Phi) is 5.11. The van der Waals surface area contributed by atoms with Gasteiger partial charge in [-0.05, 0) is 19.1 Å². The molecule has 1 aliphatic rings. The number of hydrogen-bond acceptors (Lipinski definition) is 6. The van der Waals surface area contributed by atoms with Gasteiger partial charge >= 0.3 is 0 Å². The van der Waals surface area contributed by atoms with E-state index in [1.54, 1.807) is 26.2 Å². The van der Waals surface area contributed by atoms with Crippen molar-refractivity contribution in [3.63, 3.8) is 0 Å². The van der Waals surface area contributed by atoms with Crippen LogP contribution in [-0.4, -0.2) is 43.5 Å². The largest absolute Gasteiger partial charge is 0.488 e. The summed E-state index contributed by atoms with van der Waals surface area (Å²) in [5.41, 5.74) is 6.56. The van der Waals surface area contributed by atoms with Crippen molar-refractivity contribution in [2.75, 3.05) is 20.3 Å². The highest BCUT2D eigenvalue weighted by Crippen LogP contribution is 2.30. The van der Waals surface area contributed by atoms with Crippen LogP contribution in [0.5, 0.6) is 5.75 Å². The fourth-order valence-electron chi connectivity index (χ4n) is 2.31. The molecule has 1 aliphatic carbocycles. The van der Waals surface area contributed by atoms with E-state index in [0.717, 1.165) is 0 Å². The van der Waals surface area contributed by atoms with E-state index in [-0.39, 0.29) is 23.9 Å². The lowest BCUT2D eigenvalue weighted by Gasteiger charge is -2.41. The van der Waals surface area contributed by atoms with E-state index in [1.807, 2.05) is 0 Å². The number of nitrogens with zero attached hydrogens (tertiary/aromatic N) is 1. The van der Waals surface area contributed by atoms with E-state index in [1.165, 1.54) is 6.07 Å². The van der Waals surface area contributed by atoms with Gasteiger partial charge in [0.1, 0.15) is 18.0 Å². The van der Waals surface area contributed by atoms with Gasteiger partial charge in [0.25, 0.3) is 5.69 Å². The molecule has 0 bridgehead atoms. The molecular formula is C14H20N2O5. The van der Waals surface area contributed by atoms with Crippen LogP contribution in [0.4, 0.5) is 5.69 Å². The summed E-state index contributed by atoms with van der Waals surface area (Å²) in [5.74, 6) is 0.593. The SMILES string of the molecule is COCCOC1C(N)CC1Oc1ccc([N+](=O)[O-])c(C)c1. The van der Waals surface area contributed by atoms with Crippen molar-refractivity contribution in [3.8, 4) is 5.75 Å². The Balaban J connectivity index is 1.95. The van der Waals surface area contributed by atoms with E-state index in [4.69, 9.17) is 19.9 Å². The molecule has 1 saturated carbocycles. The molecule has 1 aromatic rings. The molecule has 0 amide bonds. The van der Waals surface area contributed by atoms with E-state index >= 15 is 0 Å². The number of ether oxygens (including phenoxy) is 3. The van der Waals surface area contributed by atoms with Gasteiger partial charge in [0.2, 0.25) is 0 Å². The van der Waals surface area contributed by atoms with Gasteiger partial charge < -0.3 is 19.9 Å². The van der Waals surface area contributed by atoms with Crippen molar-refractivity contribution >= 4 is 5.69 Å². The third kappa shape index (κ3) is 3.69. The predicted octanol–water partition coefficient (Wildman–Crippen LogP) is 1.41. The monoisotopic (exact) mass is 296 g/mol. The number of benzene rings is 1. The number of methoxy groups -OCH3 is 1. The summed E-state index contributed by atoms with van der Waals surface area (Å²) >= 11 is 0. The van der Waals surface area contributed by atoms with Gasteiger partial charge in [0.05, 0.1) is 18.1 Å². The maximum atomic E-state index is 10.8. The second kappa shape index (κ2) is 6.84. The summed E-state index contributed by atoms with van der Waals surface area (Å²) in [4.78, 5) is 10.4. The minimum Gasteiger partial charge on any atom is -0.488 e. The van der Waals surface area contributed by atoms with Gasteiger partial charge in [0, 0.05) is 31.2 Å². The summed E-state index contributed by atoms with van der Waals surface area (Å²) in [6, 6.07) is 4.66. The lowest BCUT2D eigenvalue weighted by atomic mass is 9.86. The van der Waals surface area contributed by atoms with Crippen LogP contribution in [0, 0.1) is 17.0 Å². The third-order valence-corrected chi connectivity index (χ3v) is 3.54. The first-order valence-electron chi connectivity index (χ1n) is 6.80. The van der Waals surface area contributed by atoms with Crippen LogP contribution in [0.25, 0.3) is 0 Å². The molecule has 0 spiro atoms. The predicted molar refractivity (Wildman–Crippen MR) is 76.5 cm³/mol. The highest BCUT2D eigenvalue weighted by molar-refractivity contribution is 5.44. The quantitative estimate of drug-likeness (QED) is 0.464. The second-order valence-corrected chi connectivity index (χ2v) is 5.09. The van der Waals surface area contributed by atoms with Gasteiger partial charge in [-0.25, -0.2) is 0 Å². The van der Waals surface area contributed by atoms with Crippen molar-refractivity contribution in [1.82, 2.24) is 0 Å². The van der Waals surface area contributed by atoms with E-state index in [0.29, 0.717) is 30.9 Å². The number of aryl methyl sites for hydroxylation is 1. The van der Waals surface area contributed by atoms with Crippen LogP contribution in [0.1, 0.15) is 12.0 Å². The van der Waals surface area contributed by atoms with Crippen molar-refractivity contribution in [2.45, 2.75) is 31.6 Å². The summed E-state index contributed by atoms with van der Waals surface area (Å²) in [6.07, 6.45) is 0.404. The van der Waals surface area contributed by atoms with Crippen molar-refractivity contribution in [3.05, 3.63) is 33.9 Å². The zero-order valence-corrected chi connectivity index (χ0v) is 12.2. The Morgan fingerprint density at radius 3 is 2.76 bits per heavy atom. The lowest BCUT2D eigenvalue weighted by molar-refractivity contribution is -0.385. The molecule has 21 heavy (non-hydrogen) atoms. The standard InChI is InChI=1S/C14H20N2O5/c1-9-7-10(3-4-12(9)16(17)18)21-13-8-11(15)14(13)20-6-5-19-2/h3-4,7,11,13-14H,5-6,8,15H2,1-2H3. The number of nitro benzene ring substituents is 1. The van der Waals surface area contributed by atoms with E-state index in [9.17, 15) is 10.1 Å². The molecule has 0 radical (unpaired) electrons. The Hall–Kier alpha value is -1.70. The summed E-state index contributed by atoms with van der Waals surface area (Å²) < 4.78 is 16.4. The van der Waals surface area contributed by atoms with Crippen molar-refractivity contribution in [2.24, 2.45) is 5.73 Å². The summed E-state index contributed by atoms with van der Waals surface area (Å²) in [7, 11) is 1.61. The maximum absolute atomic E-state index is 10.8. The second-order valence-electron chi connectivity index (χ2n) is 5.09. The lowest BCUT2D eigenvalue weighted by Crippen LogP contribution is -2.59. The topological polar surface area (TPSA) is 96.9 Å². The number of nitro groups is 1. The van der Waals surface area contributed by atoms with Gasteiger partial charge in [-0.1, -0.05) is 0 Å². The van der Waals surface area contributed by atoms with Crippen LogP contribution in [0.15, 0.2) is 18.2 Å². The van der Waals surface area contributed by atoms with Crippen molar-refractivity contribution < 1.29 is 19.1 Å². The zero-order valence-electron chi connectivity index (χ0n) is 12.2. The molecule has 0 saturated heterocycles. The van der Waals surface area contributed by atoms with E-state index < -0.39 is 4.92 Å². The molecule has 2 rings (SSSR count). The average molecular weight is 296 g/mol. The maximum Gasteiger partial charge on any atom is 0.272 e. The summed E-state index contributed by atoms with van der Waals surface area (Å²) in [6.45, 7) is 2.66. The molecule has 1 fully saturated rings. The van der Waals surface area contributed by atoms with Crippen LogP contribution >= 0.6 is 0 Å². The molecule has 1 aromatic carbocycles. The molecule has 0 aromatic heterocycles. The van der Waals surface area contributed by atoms with Crippen LogP contribution in [-0.2, 0) is 9.47 Å². The number of nitrogens with two attached hydrogens (primary N) is 1. The molecule has 7 nitrogen and oxygen atoms in total. The minimum atomic E-state index is -0.408. The smallest absolute Gasteiger partial charge is 0.272 e. The van der Waals surface area contributed by atoms with Gasteiger partial charge in [-0.2, -0.15) is 0 Å². The summed E-state index contributed by atoms with van der Waals surface area (Å²) in [5, 5.41) is 10.8. The molecular weight excluding hydrogens is 276 g/mol. The Bertz CT molecular complexity index is 508. The molecule has 0 aliphatic heterocycles. The fourth-order valence-corrected chi connectivity index (χ4v) is 2.31. The normalized spacial score (nSPS) is 24.4. The molecule has 116 valence electrons. The Morgan fingerprint density at radius 1 is 1.43 bits per heavy atom. The van der Waals surface area contributed by atoms with Crippen LogP contribution in [0.3, 0.4) is 0 Å². The number of rotatable bonds is 7. The molecule has 2 N–H and O–H groups in total. The van der Waals surface area contributed by atoms with E-state index in [2.05, 4.69) is 0 Å². The first-order valence-corrected chi connectivity index (χ1v) is 6.80. The average Bonchev–Trinajstić information content (AvgIpc) is 2.42. The fraction of sp³-hybridized carbons (Fsp3) is 0.571. The van der Waals surface area contributed by atoms with Gasteiger partial charge in [0.15, 0.2) is 0 Å². The Morgan fingerprint density at radius 2 is 2.19 bits per heavy atom. The minimum absolute atomic E-state index is 0.0500. The van der Waals surface area contributed by atoms with Crippen molar-refractivity contribution in [1.29, 1.82) is 0 Å². The zero-order chi connectivity index (χ0) is 15.4. The number of hydrogen-bond donors (Lipinski definition) is 1. The first kappa shape index (κ1) is 15.7.